The Morgan fingerprint density at radius 2 is 1.84 bits per heavy atom. The fourth-order valence-electron chi connectivity index (χ4n) is 4.16. The number of hydrogen-bond acceptors (Lipinski definition) is 3. The third-order valence-electron chi connectivity index (χ3n) is 5.73. The third kappa shape index (κ3) is 5.50. The molecule has 2 aromatic rings. The van der Waals surface area contributed by atoms with E-state index in [0.29, 0.717) is 17.7 Å². The molecular weight excluding hydrogens is 405 g/mol. The molecule has 0 bridgehead atoms. The first kappa shape index (κ1) is 23.4. The molecule has 0 saturated carbocycles. The largest absolute Gasteiger partial charge is 0.493 e. The molecule has 1 aliphatic rings. The second kappa shape index (κ2) is 9.47. The van der Waals surface area contributed by atoms with Gasteiger partial charge in [0.15, 0.2) is 6.04 Å². The maximum Gasteiger partial charge on any atom is 0.409 e. The van der Waals surface area contributed by atoms with Crippen LogP contribution in [0.5, 0.6) is 5.75 Å². The average molecular weight is 437 g/mol. The molecule has 1 N–H and O–H groups in total. The average Bonchev–Trinajstić information content (AvgIpc) is 2.95. The lowest BCUT2D eigenvalue weighted by atomic mass is 9.95. The molecule has 0 radical (unpaired) electrons. The summed E-state index contributed by atoms with van der Waals surface area (Å²) in [6.07, 6.45) is 0.767. The molecule has 0 aliphatic carbocycles. The first-order chi connectivity index (χ1) is 14.6. The van der Waals surface area contributed by atoms with Crippen molar-refractivity contribution in [3.05, 3.63) is 42.0 Å². The van der Waals surface area contributed by atoms with Gasteiger partial charge in [-0.1, -0.05) is 56.9 Å². The zero-order valence-corrected chi connectivity index (χ0v) is 18.4. The number of carbonyl (C=O) groups excluding carboxylic acids is 1. The topological polar surface area (TPSA) is 41.6 Å². The highest BCUT2D eigenvalue weighted by molar-refractivity contribution is 5.89. The summed E-state index contributed by atoms with van der Waals surface area (Å²) in [7, 11) is 0. The van der Waals surface area contributed by atoms with Gasteiger partial charge in [0.1, 0.15) is 5.75 Å². The van der Waals surface area contributed by atoms with Gasteiger partial charge in [-0.15, -0.1) is 0 Å². The highest BCUT2D eigenvalue weighted by Crippen LogP contribution is 2.44. The predicted octanol–water partition coefficient (Wildman–Crippen LogP) is 6.31. The zero-order valence-electron chi connectivity index (χ0n) is 18.4. The number of halogens is 3. The summed E-state index contributed by atoms with van der Waals surface area (Å²) in [6, 6.07) is 8.34. The number of nitrogens with zero attached hydrogens (tertiary/aromatic N) is 1. The van der Waals surface area contributed by atoms with Crippen LogP contribution < -0.4 is 10.2 Å². The minimum atomic E-state index is -4.57. The summed E-state index contributed by atoms with van der Waals surface area (Å²) in [5.74, 6) is 0.0322. The van der Waals surface area contributed by atoms with E-state index in [4.69, 9.17) is 4.74 Å². The van der Waals surface area contributed by atoms with Crippen LogP contribution in [0.3, 0.4) is 0 Å². The molecule has 1 fully saturated rings. The zero-order chi connectivity index (χ0) is 22.6. The number of alkyl halides is 3. The molecule has 4 nitrogen and oxygen atoms in total. The normalized spacial score (nSPS) is 17.7. The van der Waals surface area contributed by atoms with Crippen molar-refractivity contribution >= 4 is 16.7 Å². The molecule has 0 spiro atoms. The first-order valence-corrected chi connectivity index (χ1v) is 10.9. The molecule has 1 heterocycles. The Balaban J connectivity index is 1.95. The number of fused-ring (bicyclic) bond motifs is 1. The van der Waals surface area contributed by atoms with E-state index < -0.39 is 23.7 Å². The number of nitrogens with one attached hydrogen (secondary N) is 1. The molecule has 0 aromatic heterocycles. The third-order valence-corrected chi connectivity index (χ3v) is 5.73. The predicted molar refractivity (Wildman–Crippen MR) is 116 cm³/mol. The van der Waals surface area contributed by atoms with E-state index in [1.807, 2.05) is 12.1 Å². The lowest BCUT2D eigenvalue weighted by Gasteiger charge is -2.38. The summed E-state index contributed by atoms with van der Waals surface area (Å²) in [5, 5.41) is 2.50. The number of benzene rings is 2. The van der Waals surface area contributed by atoms with Gasteiger partial charge >= 0.3 is 6.18 Å². The lowest BCUT2D eigenvalue weighted by molar-refractivity contribution is -0.203. The van der Waals surface area contributed by atoms with Crippen molar-refractivity contribution in [2.45, 2.75) is 77.1 Å². The van der Waals surface area contributed by atoms with E-state index in [2.05, 4.69) is 12.3 Å². The Morgan fingerprint density at radius 3 is 2.48 bits per heavy atom. The summed E-state index contributed by atoms with van der Waals surface area (Å²) >= 11 is 0. The van der Waals surface area contributed by atoms with Crippen LogP contribution in [0, 0.1) is 0 Å². The minimum Gasteiger partial charge on any atom is -0.493 e. The van der Waals surface area contributed by atoms with E-state index >= 15 is 0 Å². The van der Waals surface area contributed by atoms with Crippen LogP contribution >= 0.6 is 0 Å². The van der Waals surface area contributed by atoms with Gasteiger partial charge in [-0.2, -0.15) is 18.2 Å². The van der Waals surface area contributed by atoms with Crippen LogP contribution in [0.1, 0.15) is 70.9 Å². The highest BCUT2D eigenvalue weighted by atomic mass is 19.4. The molecule has 31 heavy (non-hydrogen) atoms. The van der Waals surface area contributed by atoms with Gasteiger partial charge in [-0.3, -0.25) is 10.2 Å². The molecule has 170 valence electrons. The van der Waals surface area contributed by atoms with E-state index in [1.54, 1.807) is 32.0 Å². The Hall–Kier alpha value is -2.28. The van der Waals surface area contributed by atoms with Gasteiger partial charge in [-0.25, -0.2) is 0 Å². The second-order valence-corrected chi connectivity index (χ2v) is 8.84. The van der Waals surface area contributed by atoms with Crippen LogP contribution in [0.25, 0.3) is 10.8 Å². The Kier molecular flexibility index (Phi) is 7.14. The first-order valence-electron chi connectivity index (χ1n) is 10.9. The fraction of sp³-hybridized carbons (Fsp3) is 0.542. The van der Waals surface area contributed by atoms with Gasteiger partial charge in [0, 0.05) is 17.3 Å². The van der Waals surface area contributed by atoms with Crippen molar-refractivity contribution in [2.75, 3.05) is 6.61 Å². The fourth-order valence-corrected chi connectivity index (χ4v) is 4.16. The van der Waals surface area contributed by atoms with Crippen molar-refractivity contribution in [3.63, 3.8) is 0 Å². The van der Waals surface area contributed by atoms with E-state index in [1.165, 1.54) is 12.5 Å². The Bertz CT molecular complexity index is 911. The van der Waals surface area contributed by atoms with E-state index in [-0.39, 0.29) is 12.0 Å². The molecule has 3 rings (SSSR count). The summed E-state index contributed by atoms with van der Waals surface area (Å²) < 4.78 is 48.7. The molecule has 7 heteroatoms. The summed E-state index contributed by atoms with van der Waals surface area (Å²) in [5.41, 5.74) is 1.51. The maximum atomic E-state index is 14.3. The number of unbranched alkanes of at least 4 members (excludes halogenated alkanes) is 4. The van der Waals surface area contributed by atoms with Crippen molar-refractivity contribution in [1.29, 1.82) is 0 Å². The van der Waals surface area contributed by atoms with E-state index in [0.717, 1.165) is 36.1 Å². The van der Waals surface area contributed by atoms with E-state index in [9.17, 15) is 18.0 Å². The molecule has 1 unspecified atom stereocenters. The number of carbonyl (C=O) groups is 1. The summed E-state index contributed by atoms with van der Waals surface area (Å²) in [6.45, 7) is 5.88. The Labute approximate surface area is 181 Å². The maximum absolute atomic E-state index is 14.3. The molecular formula is C24H31F3N2O2. The number of ether oxygens (including phenoxy) is 1. The monoisotopic (exact) mass is 436 g/mol. The smallest absolute Gasteiger partial charge is 0.409 e. The number of hydrogen-bond donors (Lipinski definition) is 1. The van der Waals surface area contributed by atoms with Gasteiger partial charge in [-0.05, 0) is 43.4 Å². The van der Waals surface area contributed by atoms with Gasteiger partial charge in [0.25, 0.3) is 0 Å². The quantitative estimate of drug-likeness (QED) is 0.469. The molecule has 1 aliphatic heterocycles. The van der Waals surface area contributed by atoms with Crippen molar-refractivity contribution in [3.8, 4) is 5.75 Å². The van der Waals surface area contributed by atoms with Crippen molar-refractivity contribution < 1.29 is 22.7 Å². The second-order valence-electron chi connectivity index (χ2n) is 8.84. The van der Waals surface area contributed by atoms with Crippen molar-refractivity contribution in [2.24, 2.45) is 0 Å². The highest BCUT2D eigenvalue weighted by Gasteiger charge is 2.53. The van der Waals surface area contributed by atoms with Gasteiger partial charge < -0.3 is 4.74 Å². The molecule has 1 atom stereocenters. The van der Waals surface area contributed by atoms with Crippen LogP contribution in [-0.4, -0.2) is 29.2 Å². The summed E-state index contributed by atoms with van der Waals surface area (Å²) in [4.78, 5) is 11.9. The van der Waals surface area contributed by atoms with Gasteiger partial charge in [0.05, 0.1) is 6.61 Å². The minimum absolute atomic E-state index is 0.00821. The lowest BCUT2D eigenvalue weighted by Crippen LogP contribution is -2.51. The standard InChI is InChI=1S/C24H31F3N2O2/c1-4-5-6-7-10-13-31-20-15-18(14-17-11-8-9-12-19(17)20)22(24(25,26)27)29-23(2,3)16-21(30)28-29/h8-9,11-12,14-15,22H,4-7,10,13,16H2,1-3H3,(H,28,30). The van der Waals surface area contributed by atoms with Crippen molar-refractivity contribution in [1.82, 2.24) is 10.4 Å². The van der Waals surface area contributed by atoms with Crippen LogP contribution in [0.15, 0.2) is 36.4 Å². The number of hydrazine groups is 1. The number of amides is 1. The SMILES string of the molecule is CCCCCCCOc1cc(C(N2NC(=O)CC2(C)C)C(F)(F)F)cc2ccccc12. The molecule has 1 saturated heterocycles. The van der Waals surface area contributed by atoms with Crippen LogP contribution in [0.4, 0.5) is 13.2 Å². The van der Waals surface area contributed by atoms with Gasteiger partial charge in [0.2, 0.25) is 5.91 Å². The Morgan fingerprint density at radius 1 is 1.13 bits per heavy atom. The molecule has 2 aromatic carbocycles. The molecule has 1 amide bonds. The van der Waals surface area contributed by atoms with Crippen LogP contribution in [0.2, 0.25) is 0 Å². The number of rotatable bonds is 9. The van der Waals surface area contributed by atoms with Crippen LogP contribution in [-0.2, 0) is 4.79 Å².